The van der Waals surface area contributed by atoms with Gasteiger partial charge in [-0.3, -0.25) is 19.8 Å². The molecule has 0 spiro atoms. The number of thiophene rings is 1. The molecule has 2 aromatic carbocycles. The Kier molecular flexibility index (Phi) is 5.46. The highest BCUT2D eigenvalue weighted by molar-refractivity contribution is 7.23. The van der Waals surface area contributed by atoms with Gasteiger partial charge in [-0.2, -0.15) is 0 Å². The highest BCUT2D eigenvalue weighted by Crippen LogP contribution is 2.34. The Morgan fingerprint density at radius 2 is 1.93 bits per heavy atom. The maximum Gasteiger partial charge on any atom is 0.270 e. The van der Waals surface area contributed by atoms with E-state index in [0.717, 1.165) is 4.70 Å². The molecule has 4 rings (SSSR count). The molecule has 0 aliphatic carbocycles. The first-order valence-electron chi connectivity index (χ1n) is 9.03. The van der Waals surface area contributed by atoms with E-state index in [9.17, 15) is 19.3 Å². The van der Waals surface area contributed by atoms with E-state index in [1.54, 1.807) is 29.2 Å². The zero-order chi connectivity index (χ0) is 21.4. The molecule has 2 aromatic heterocycles. The summed E-state index contributed by atoms with van der Waals surface area (Å²) < 4.78 is 15.6. The lowest BCUT2D eigenvalue weighted by Gasteiger charge is -2.21. The number of benzene rings is 2. The lowest BCUT2D eigenvalue weighted by atomic mass is 10.2. The van der Waals surface area contributed by atoms with E-state index in [0.29, 0.717) is 33.2 Å². The number of para-hydroxylation sites is 1. The predicted molar refractivity (Wildman–Crippen MR) is 118 cm³/mol. The second-order valence-corrected chi connectivity index (χ2v) is 9.03. The Morgan fingerprint density at radius 3 is 2.63 bits per heavy atom. The summed E-state index contributed by atoms with van der Waals surface area (Å²) in [6.07, 6.45) is 0. The number of nitro benzene ring substituents is 1. The summed E-state index contributed by atoms with van der Waals surface area (Å²) in [6, 6.07) is 10.9. The van der Waals surface area contributed by atoms with Crippen molar-refractivity contribution in [3.63, 3.8) is 0 Å². The van der Waals surface area contributed by atoms with Crippen LogP contribution in [0.3, 0.4) is 0 Å². The van der Waals surface area contributed by atoms with Crippen molar-refractivity contribution in [2.24, 2.45) is 0 Å². The second-order valence-electron chi connectivity index (χ2n) is 6.93. The first-order valence-corrected chi connectivity index (χ1v) is 10.7. The molecule has 0 atom stereocenters. The number of non-ortho nitro benzene ring substituents is 1. The first-order chi connectivity index (χ1) is 14.3. The number of hydrogen-bond acceptors (Lipinski definition) is 7. The number of nitrogens with zero attached hydrogens (tertiary/aromatic N) is 4. The fourth-order valence-corrected chi connectivity index (χ4v) is 4.98. The molecular weight excluding hydrogens is 427 g/mol. The van der Waals surface area contributed by atoms with Gasteiger partial charge in [0.25, 0.3) is 11.6 Å². The van der Waals surface area contributed by atoms with E-state index in [1.165, 1.54) is 40.9 Å². The molecule has 0 aliphatic rings. The van der Waals surface area contributed by atoms with E-state index in [-0.39, 0.29) is 17.1 Å². The number of carbonyl (C=O) groups is 1. The molecule has 0 saturated carbocycles. The minimum absolute atomic E-state index is 0.0228. The quantitative estimate of drug-likeness (QED) is 0.316. The molecule has 4 aromatic rings. The summed E-state index contributed by atoms with van der Waals surface area (Å²) in [5, 5.41) is 12.1. The van der Waals surface area contributed by atoms with Crippen LogP contribution in [0.15, 0.2) is 42.5 Å². The Labute approximate surface area is 179 Å². The van der Waals surface area contributed by atoms with Crippen molar-refractivity contribution >= 4 is 59.7 Å². The van der Waals surface area contributed by atoms with Crippen LogP contribution in [0.2, 0.25) is 0 Å². The van der Waals surface area contributed by atoms with Crippen LogP contribution >= 0.6 is 22.7 Å². The fraction of sp³-hybridized carbons (Fsp3) is 0.200. The average Bonchev–Trinajstić information content (AvgIpc) is 3.32. The molecule has 0 fully saturated rings. The summed E-state index contributed by atoms with van der Waals surface area (Å²) >= 11 is 2.53. The molecule has 0 radical (unpaired) electrons. The molecule has 0 N–H and O–H groups in total. The molecule has 0 aliphatic heterocycles. The highest BCUT2D eigenvalue weighted by atomic mass is 32.1. The third-order valence-corrected chi connectivity index (χ3v) is 6.67. The topological polar surface area (TPSA) is 79.6 Å². The molecule has 10 heteroatoms. The molecule has 30 heavy (non-hydrogen) atoms. The number of hydrogen-bond donors (Lipinski definition) is 0. The number of anilines is 1. The van der Waals surface area contributed by atoms with E-state index < -0.39 is 10.7 Å². The van der Waals surface area contributed by atoms with Gasteiger partial charge in [-0.1, -0.05) is 17.4 Å². The van der Waals surface area contributed by atoms with Gasteiger partial charge >= 0.3 is 0 Å². The molecule has 1 amide bonds. The third-order valence-electron chi connectivity index (χ3n) is 4.53. The lowest BCUT2D eigenvalue weighted by Crippen LogP contribution is -2.36. The van der Waals surface area contributed by atoms with Crippen LogP contribution in [0.25, 0.3) is 20.3 Å². The van der Waals surface area contributed by atoms with Crippen molar-refractivity contribution in [2.45, 2.75) is 0 Å². The second kappa shape index (κ2) is 8.05. The van der Waals surface area contributed by atoms with Gasteiger partial charge in [-0.15, -0.1) is 11.3 Å². The molecule has 0 unspecified atom stereocenters. The van der Waals surface area contributed by atoms with Crippen molar-refractivity contribution in [3.8, 4) is 0 Å². The summed E-state index contributed by atoms with van der Waals surface area (Å²) in [7, 11) is 3.80. The number of rotatable bonds is 6. The third kappa shape index (κ3) is 3.89. The summed E-state index contributed by atoms with van der Waals surface area (Å²) in [5.74, 6) is -0.690. The smallest absolute Gasteiger partial charge is 0.270 e. The van der Waals surface area contributed by atoms with Crippen LogP contribution in [0.5, 0.6) is 0 Å². The number of nitro groups is 1. The standard InChI is InChI=1S/C20H17FN4O3S2/c1-23(2)8-9-24(20-22-18-14(21)4-3-5-16(18)30-20)19(26)17-11-12-10-13(25(27)28)6-7-15(12)29-17/h3-7,10-11H,8-9H2,1-2H3. The van der Waals surface area contributed by atoms with Crippen molar-refractivity contribution in [2.75, 3.05) is 32.1 Å². The number of thiazole rings is 1. The predicted octanol–water partition coefficient (Wildman–Crippen LogP) is 4.77. The summed E-state index contributed by atoms with van der Waals surface area (Å²) in [5.41, 5.74) is 0.220. The molecule has 0 bridgehead atoms. The van der Waals surface area contributed by atoms with Crippen LogP contribution in [0.1, 0.15) is 9.67 Å². The Morgan fingerprint density at radius 1 is 1.13 bits per heavy atom. The van der Waals surface area contributed by atoms with Crippen LogP contribution in [0, 0.1) is 15.9 Å². The molecular formula is C20H17FN4O3S2. The van der Waals surface area contributed by atoms with Crippen LogP contribution < -0.4 is 4.90 Å². The van der Waals surface area contributed by atoms with Crippen molar-refractivity contribution in [3.05, 3.63) is 63.3 Å². The maximum atomic E-state index is 14.1. The fourth-order valence-electron chi connectivity index (χ4n) is 2.99. The highest BCUT2D eigenvalue weighted by Gasteiger charge is 2.24. The number of aromatic nitrogens is 1. The Balaban J connectivity index is 1.74. The number of carbonyl (C=O) groups excluding carboxylic acids is 1. The maximum absolute atomic E-state index is 14.1. The van der Waals surface area contributed by atoms with Gasteiger partial charge < -0.3 is 4.90 Å². The molecule has 0 saturated heterocycles. The van der Waals surface area contributed by atoms with E-state index in [4.69, 9.17) is 0 Å². The Hall–Kier alpha value is -2.95. The summed E-state index contributed by atoms with van der Waals surface area (Å²) in [4.78, 5) is 32.2. The molecule has 154 valence electrons. The van der Waals surface area contributed by atoms with Gasteiger partial charge in [0, 0.05) is 35.3 Å². The van der Waals surface area contributed by atoms with Crippen molar-refractivity contribution in [1.82, 2.24) is 9.88 Å². The molecule has 7 nitrogen and oxygen atoms in total. The number of likely N-dealkylation sites (N-methyl/N-ethyl adjacent to an activating group) is 1. The molecule has 2 heterocycles. The van der Waals surface area contributed by atoms with Crippen molar-refractivity contribution in [1.29, 1.82) is 0 Å². The van der Waals surface area contributed by atoms with Gasteiger partial charge in [-0.25, -0.2) is 9.37 Å². The first kappa shape index (κ1) is 20.3. The van der Waals surface area contributed by atoms with E-state index in [2.05, 4.69) is 4.98 Å². The zero-order valence-electron chi connectivity index (χ0n) is 16.2. The van der Waals surface area contributed by atoms with E-state index in [1.807, 2.05) is 19.0 Å². The minimum atomic E-state index is -0.461. The Bertz CT molecular complexity index is 1270. The van der Waals surface area contributed by atoms with Crippen molar-refractivity contribution < 1.29 is 14.1 Å². The van der Waals surface area contributed by atoms with E-state index >= 15 is 0 Å². The largest absolute Gasteiger partial charge is 0.308 e. The SMILES string of the molecule is CN(C)CCN(C(=O)c1cc2cc([N+](=O)[O-])ccc2s1)c1nc2c(F)cccc2s1. The monoisotopic (exact) mass is 444 g/mol. The van der Waals surface area contributed by atoms with Crippen LogP contribution in [-0.2, 0) is 0 Å². The number of amides is 1. The lowest BCUT2D eigenvalue weighted by molar-refractivity contribution is -0.384. The minimum Gasteiger partial charge on any atom is -0.308 e. The van der Waals surface area contributed by atoms with Crippen LogP contribution in [-0.4, -0.2) is 47.9 Å². The van der Waals surface area contributed by atoms with Gasteiger partial charge in [-0.05, 0) is 38.4 Å². The van der Waals surface area contributed by atoms with Gasteiger partial charge in [0.15, 0.2) is 5.13 Å². The average molecular weight is 445 g/mol. The number of halogens is 1. The zero-order valence-corrected chi connectivity index (χ0v) is 17.8. The van der Waals surface area contributed by atoms with Crippen LogP contribution in [0.4, 0.5) is 15.2 Å². The number of fused-ring (bicyclic) bond motifs is 2. The van der Waals surface area contributed by atoms with Gasteiger partial charge in [0.2, 0.25) is 0 Å². The van der Waals surface area contributed by atoms with Gasteiger partial charge in [0.05, 0.1) is 14.5 Å². The summed E-state index contributed by atoms with van der Waals surface area (Å²) in [6.45, 7) is 0.974. The van der Waals surface area contributed by atoms with Gasteiger partial charge in [0.1, 0.15) is 11.3 Å². The normalized spacial score (nSPS) is 11.5.